The maximum atomic E-state index is 12.4. The molecule has 0 aliphatic carbocycles. The van der Waals surface area contributed by atoms with Crippen molar-refractivity contribution in [3.05, 3.63) is 34.2 Å². The molecule has 0 radical (unpaired) electrons. The highest BCUT2D eigenvalue weighted by molar-refractivity contribution is 8.26. The van der Waals surface area contributed by atoms with E-state index in [0.717, 1.165) is 16.9 Å². The summed E-state index contributed by atoms with van der Waals surface area (Å²) in [6.45, 7) is 6.81. The maximum absolute atomic E-state index is 12.4. The predicted molar refractivity (Wildman–Crippen MR) is 92.4 cm³/mol. The first-order valence-electron chi connectivity index (χ1n) is 6.82. The third kappa shape index (κ3) is 3.66. The maximum Gasteiger partial charge on any atom is 0.266 e. The first-order valence-corrected chi connectivity index (χ1v) is 8.05. The van der Waals surface area contributed by atoms with Gasteiger partial charge in [0.25, 0.3) is 5.91 Å². The number of amides is 1. The molecule has 1 aliphatic rings. The summed E-state index contributed by atoms with van der Waals surface area (Å²) in [5, 5.41) is 0. The Kier molecular flexibility index (Phi) is 5.06. The monoisotopic (exact) mass is 321 g/mol. The smallest absolute Gasteiger partial charge is 0.266 e. The molecule has 21 heavy (non-hydrogen) atoms. The molecule has 112 valence electrons. The normalized spacial score (nSPS) is 17.2. The molecule has 1 heterocycles. The van der Waals surface area contributed by atoms with Crippen molar-refractivity contribution in [2.75, 3.05) is 13.7 Å². The second kappa shape index (κ2) is 6.62. The van der Waals surface area contributed by atoms with Gasteiger partial charge in [-0.15, -0.1) is 0 Å². The van der Waals surface area contributed by atoms with E-state index < -0.39 is 0 Å². The summed E-state index contributed by atoms with van der Waals surface area (Å²) in [6.07, 6.45) is 1.89. The van der Waals surface area contributed by atoms with Gasteiger partial charge in [0, 0.05) is 6.54 Å². The van der Waals surface area contributed by atoms with E-state index in [1.165, 1.54) is 11.8 Å². The molecule has 1 aromatic rings. The van der Waals surface area contributed by atoms with Gasteiger partial charge < -0.3 is 4.74 Å². The average Bonchev–Trinajstić information content (AvgIpc) is 2.66. The van der Waals surface area contributed by atoms with E-state index in [9.17, 15) is 4.79 Å². The van der Waals surface area contributed by atoms with Gasteiger partial charge in [0.1, 0.15) is 10.1 Å². The Balaban J connectivity index is 2.24. The number of rotatable bonds is 4. The van der Waals surface area contributed by atoms with Crippen molar-refractivity contribution < 1.29 is 9.53 Å². The highest BCUT2D eigenvalue weighted by Gasteiger charge is 2.32. The molecule has 0 saturated carbocycles. The molecule has 1 aliphatic heterocycles. The summed E-state index contributed by atoms with van der Waals surface area (Å²) in [5.41, 5.74) is 2.03. The van der Waals surface area contributed by atoms with Crippen LogP contribution in [0.4, 0.5) is 0 Å². The topological polar surface area (TPSA) is 29.5 Å². The average molecular weight is 321 g/mol. The van der Waals surface area contributed by atoms with Gasteiger partial charge in [-0.3, -0.25) is 9.69 Å². The first kappa shape index (κ1) is 16.0. The quantitative estimate of drug-likeness (QED) is 0.622. The van der Waals surface area contributed by atoms with Crippen molar-refractivity contribution in [1.82, 2.24) is 4.90 Å². The molecule has 1 amide bonds. The molecule has 0 spiro atoms. The number of hydrogen-bond donors (Lipinski definition) is 0. The number of thiocarbonyl (C=S) groups is 1. The molecule has 0 unspecified atom stereocenters. The second-order valence-corrected chi connectivity index (χ2v) is 7.09. The third-order valence-electron chi connectivity index (χ3n) is 3.14. The van der Waals surface area contributed by atoms with Gasteiger partial charge in [-0.25, -0.2) is 0 Å². The molecule has 1 aromatic carbocycles. The summed E-state index contributed by atoms with van der Waals surface area (Å²) in [6, 6.07) is 5.87. The summed E-state index contributed by atoms with van der Waals surface area (Å²) < 4.78 is 5.89. The number of methoxy groups -OCH3 is 1. The number of ether oxygens (including phenoxy) is 1. The number of hydrogen-bond acceptors (Lipinski definition) is 4. The van der Waals surface area contributed by atoms with Crippen LogP contribution in [-0.2, 0) is 4.79 Å². The fourth-order valence-electron chi connectivity index (χ4n) is 2.17. The highest BCUT2D eigenvalue weighted by Crippen LogP contribution is 2.33. The van der Waals surface area contributed by atoms with Crippen LogP contribution in [0.2, 0.25) is 0 Å². The van der Waals surface area contributed by atoms with Crippen LogP contribution in [0.5, 0.6) is 5.75 Å². The Morgan fingerprint density at radius 1 is 1.43 bits per heavy atom. The third-order valence-corrected chi connectivity index (χ3v) is 4.52. The van der Waals surface area contributed by atoms with Gasteiger partial charge in [-0.05, 0) is 42.2 Å². The molecule has 0 aromatic heterocycles. The van der Waals surface area contributed by atoms with Crippen LogP contribution in [-0.4, -0.2) is 28.8 Å². The first-order chi connectivity index (χ1) is 9.92. The van der Waals surface area contributed by atoms with Crippen LogP contribution >= 0.6 is 24.0 Å². The fraction of sp³-hybridized carbons (Fsp3) is 0.375. The van der Waals surface area contributed by atoms with Crippen molar-refractivity contribution in [3.63, 3.8) is 0 Å². The molecular weight excluding hydrogens is 302 g/mol. The Bertz CT molecular complexity index is 608. The van der Waals surface area contributed by atoms with Crippen LogP contribution < -0.4 is 4.74 Å². The van der Waals surface area contributed by atoms with E-state index in [-0.39, 0.29) is 5.91 Å². The summed E-state index contributed by atoms with van der Waals surface area (Å²) in [4.78, 5) is 14.8. The second-order valence-electron chi connectivity index (χ2n) is 5.42. The molecule has 0 atom stereocenters. The van der Waals surface area contributed by atoms with Crippen LogP contribution in [0.1, 0.15) is 25.0 Å². The van der Waals surface area contributed by atoms with Crippen LogP contribution in [0.3, 0.4) is 0 Å². The lowest BCUT2D eigenvalue weighted by molar-refractivity contribution is -0.122. The molecular formula is C16H19NO2S2. The minimum Gasteiger partial charge on any atom is -0.496 e. The van der Waals surface area contributed by atoms with Crippen LogP contribution in [0, 0.1) is 12.8 Å². The van der Waals surface area contributed by atoms with Gasteiger partial charge in [-0.1, -0.05) is 43.9 Å². The number of carbonyl (C=O) groups excluding carboxylic acids is 1. The van der Waals surface area contributed by atoms with Crippen molar-refractivity contribution in [1.29, 1.82) is 0 Å². The van der Waals surface area contributed by atoms with Crippen molar-refractivity contribution in [3.8, 4) is 5.75 Å². The van der Waals surface area contributed by atoms with Gasteiger partial charge in [-0.2, -0.15) is 0 Å². The minimum atomic E-state index is 0.00664. The number of aryl methyl sites for hydroxylation is 1. The molecule has 1 saturated heterocycles. The van der Waals surface area contributed by atoms with E-state index >= 15 is 0 Å². The largest absolute Gasteiger partial charge is 0.496 e. The number of benzene rings is 1. The zero-order valence-corrected chi connectivity index (χ0v) is 14.3. The summed E-state index contributed by atoms with van der Waals surface area (Å²) in [5.74, 6) is 1.25. The Labute approximate surface area is 135 Å². The van der Waals surface area contributed by atoms with Crippen molar-refractivity contribution in [2.45, 2.75) is 20.8 Å². The van der Waals surface area contributed by atoms with Crippen molar-refractivity contribution >= 4 is 40.3 Å². The number of nitrogens with zero attached hydrogens (tertiary/aromatic N) is 1. The van der Waals surface area contributed by atoms with E-state index in [2.05, 4.69) is 13.8 Å². The molecule has 2 rings (SSSR count). The van der Waals surface area contributed by atoms with Gasteiger partial charge in [0.15, 0.2) is 0 Å². The Morgan fingerprint density at radius 3 is 2.71 bits per heavy atom. The van der Waals surface area contributed by atoms with Crippen molar-refractivity contribution in [2.24, 2.45) is 5.92 Å². The SMILES string of the molecule is COc1ccc(/C=C2\SC(=S)N(CC(C)C)C2=O)cc1C. The Morgan fingerprint density at radius 2 is 2.14 bits per heavy atom. The zero-order valence-electron chi connectivity index (χ0n) is 12.7. The molecule has 0 bridgehead atoms. The van der Waals surface area contributed by atoms with Crippen LogP contribution in [0.25, 0.3) is 6.08 Å². The molecule has 1 fully saturated rings. The van der Waals surface area contributed by atoms with Gasteiger partial charge in [0.05, 0.1) is 12.0 Å². The lowest BCUT2D eigenvalue weighted by Crippen LogP contribution is -2.31. The number of thioether (sulfide) groups is 1. The predicted octanol–water partition coefficient (Wildman–Crippen LogP) is 3.86. The van der Waals surface area contributed by atoms with E-state index in [1.54, 1.807) is 12.0 Å². The van der Waals surface area contributed by atoms with E-state index in [1.807, 2.05) is 31.2 Å². The zero-order chi connectivity index (χ0) is 15.6. The minimum absolute atomic E-state index is 0.00664. The van der Waals surface area contributed by atoms with E-state index in [4.69, 9.17) is 17.0 Å². The van der Waals surface area contributed by atoms with Gasteiger partial charge >= 0.3 is 0 Å². The molecule has 3 nitrogen and oxygen atoms in total. The van der Waals surface area contributed by atoms with Gasteiger partial charge in [0.2, 0.25) is 0 Å². The van der Waals surface area contributed by atoms with E-state index in [0.29, 0.717) is 21.7 Å². The summed E-state index contributed by atoms with van der Waals surface area (Å²) in [7, 11) is 1.65. The van der Waals surface area contributed by atoms with Crippen LogP contribution in [0.15, 0.2) is 23.1 Å². The standard InChI is InChI=1S/C16H19NO2S2/c1-10(2)9-17-15(18)14(21-16(17)20)8-12-5-6-13(19-4)11(3)7-12/h5-8,10H,9H2,1-4H3/b14-8-. The Hall–Kier alpha value is -1.33. The lowest BCUT2D eigenvalue weighted by atomic mass is 10.1. The fourth-order valence-corrected chi connectivity index (χ4v) is 3.44. The summed E-state index contributed by atoms with van der Waals surface area (Å²) >= 11 is 6.67. The molecule has 5 heteroatoms. The highest BCUT2D eigenvalue weighted by atomic mass is 32.2. The molecule has 0 N–H and O–H groups in total. The number of carbonyl (C=O) groups is 1. The lowest BCUT2D eigenvalue weighted by Gasteiger charge is -2.16.